The Morgan fingerprint density at radius 2 is 1.14 bits per heavy atom. The number of benzene rings is 3. The molecule has 0 saturated carbocycles. The van der Waals surface area contributed by atoms with Gasteiger partial charge in [-0.15, -0.1) is 0 Å². The lowest BCUT2D eigenvalue weighted by molar-refractivity contribution is 0.289. The van der Waals surface area contributed by atoms with Crippen molar-refractivity contribution in [3.05, 3.63) is 95.6 Å². The average molecular weight is 376 g/mol. The van der Waals surface area contributed by atoms with Crippen molar-refractivity contribution in [2.75, 3.05) is 20.6 Å². The van der Waals surface area contributed by atoms with Gasteiger partial charge in [-0.25, -0.2) is 0 Å². The van der Waals surface area contributed by atoms with Gasteiger partial charge in [0.05, 0.1) is 0 Å². The van der Waals surface area contributed by atoms with Gasteiger partial charge in [-0.05, 0) is 62.3 Å². The van der Waals surface area contributed by atoms with Gasteiger partial charge < -0.3 is 14.4 Å². The first-order valence-electron chi connectivity index (χ1n) is 9.81. The Balaban J connectivity index is 1.69. The highest BCUT2D eigenvalue weighted by atomic mass is 16.5. The molecule has 0 aromatic heterocycles. The van der Waals surface area contributed by atoms with Crippen LogP contribution in [-0.4, -0.2) is 25.5 Å². The maximum absolute atomic E-state index is 6.06. The highest BCUT2D eigenvalue weighted by Crippen LogP contribution is 2.25. The van der Waals surface area contributed by atoms with Crippen LogP contribution in [-0.2, 0) is 19.6 Å². The third kappa shape index (κ3) is 6.75. The molecule has 0 N–H and O–H groups in total. The molecule has 146 valence electrons. The van der Waals surface area contributed by atoms with Crippen molar-refractivity contribution < 1.29 is 9.47 Å². The molecule has 0 saturated heterocycles. The molecule has 0 radical (unpaired) electrons. The fraction of sp³-hybridized carbons (Fsp3) is 0.280. The molecular formula is C25H29NO2. The minimum Gasteiger partial charge on any atom is -0.489 e. The molecule has 28 heavy (non-hydrogen) atoms. The molecule has 0 atom stereocenters. The molecular weight excluding hydrogens is 346 g/mol. The Bertz CT molecular complexity index is 770. The van der Waals surface area contributed by atoms with Gasteiger partial charge in [0.1, 0.15) is 24.7 Å². The standard InChI is InChI=1S/C25H29NO2/c1-26(2)15-9-14-23-16-24(27-19-21-10-5-3-6-11-21)18-25(17-23)28-20-22-12-7-4-8-13-22/h3-8,10-13,16-18H,9,14-15,19-20H2,1-2H3. The minimum absolute atomic E-state index is 0.556. The zero-order chi connectivity index (χ0) is 19.6. The Kier molecular flexibility index (Phi) is 7.51. The zero-order valence-corrected chi connectivity index (χ0v) is 16.8. The van der Waals surface area contributed by atoms with Gasteiger partial charge in [0, 0.05) is 6.07 Å². The van der Waals surface area contributed by atoms with Gasteiger partial charge in [0.25, 0.3) is 0 Å². The highest BCUT2D eigenvalue weighted by Gasteiger charge is 2.06. The maximum atomic E-state index is 6.06. The lowest BCUT2D eigenvalue weighted by Crippen LogP contribution is -2.13. The van der Waals surface area contributed by atoms with E-state index in [-0.39, 0.29) is 0 Å². The van der Waals surface area contributed by atoms with Crippen molar-refractivity contribution in [1.82, 2.24) is 4.90 Å². The zero-order valence-electron chi connectivity index (χ0n) is 16.8. The van der Waals surface area contributed by atoms with Crippen molar-refractivity contribution >= 4 is 0 Å². The molecule has 3 nitrogen and oxygen atoms in total. The van der Waals surface area contributed by atoms with Crippen LogP contribution in [0.4, 0.5) is 0 Å². The first-order chi connectivity index (χ1) is 13.7. The van der Waals surface area contributed by atoms with Crippen LogP contribution in [0.2, 0.25) is 0 Å². The van der Waals surface area contributed by atoms with Crippen molar-refractivity contribution in [1.29, 1.82) is 0 Å². The second-order valence-corrected chi connectivity index (χ2v) is 7.27. The Hall–Kier alpha value is -2.78. The molecule has 0 spiro atoms. The lowest BCUT2D eigenvalue weighted by Gasteiger charge is -2.14. The number of hydrogen-bond acceptors (Lipinski definition) is 3. The molecule has 3 rings (SSSR count). The molecule has 0 aliphatic carbocycles. The van der Waals surface area contributed by atoms with Gasteiger partial charge >= 0.3 is 0 Å². The van der Waals surface area contributed by atoms with Crippen molar-refractivity contribution in [2.24, 2.45) is 0 Å². The topological polar surface area (TPSA) is 21.7 Å². The molecule has 3 aromatic rings. The number of rotatable bonds is 10. The molecule has 3 heteroatoms. The van der Waals surface area contributed by atoms with Crippen molar-refractivity contribution in [3.8, 4) is 11.5 Å². The molecule has 0 amide bonds. The van der Waals surface area contributed by atoms with E-state index in [4.69, 9.17) is 9.47 Å². The number of hydrogen-bond donors (Lipinski definition) is 0. The molecule has 0 fully saturated rings. The summed E-state index contributed by atoms with van der Waals surface area (Å²) in [6.07, 6.45) is 2.11. The number of nitrogens with zero attached hydrogens (tertiary/aromatic N) is 1. The normalized spacial score (nSPS) is 10.8. The van der Waals surface area contributed by atoms with E-state index in [1.54, 1.807) is 0 Å². The second-order valence-electron chi connectivity index (χ2n) is 7.27. The predicted molar refractivity (Wildman–Crippen MR) is 115 cm³/mol. The summed E-state index contributed by atoms with van der Waals surface area (Å²) in [6.45, 7) is 2.18. The van der Waals surface area contributed by atoms with Crippen LogP contribution in [0.1, 0.15) is 23.1 Å². The fourth-order valence-electron chi connectivity index (χ4n) is 3.02. The van der Waals surface area contributed by atoms with Crippen LogP contribution in [0.5, 0.6) is 11.5 Å². The van der Waals surface area contributed by atoms with E-state index < -0.39 is 0 Å². The van der Waals surface area contributed by atoms with Gasteiger partial charge in [-0.2, -0.15) is 0 Å². The smallest absolute Gasteiger partial charge is 0.123 e. The highest BCUT2D eigenvalue weighted by molar-refractivity contribution is 5.39. The average Bonchev–Trinajstić information content (AvgIpc) is 2.72. The van der Waals surface area contributed by atoms with E-state index in [2.05, 4.69) is 55.4 Å². The van der Waals surface area contributed by atoms with Crippen molar-refractivity contribution in [3.63, 3.8) is 0 Å². The van der Waals surface area contributed by atoms with Crippen LogP contribution < -0.4 is 9.47 Å². The monoisotopic (exact) mass is 375 g/mol. The number of aryl methyl sites for hydroxylation is 1. The van der Waals surface area contributed by atoms with Crippen LogP contribution in [0.3, 0.4) is 0 Å². The fourth-order valence-corrected chi connectivity index (χ4v) is 3.02. The molecule has 0 heterocycles. The van der Waals surface area contributed by atoms with E-state index in [1.807, 2.05) is 42.5 Å². The third-order valence-electron chi connectivity index (χ3n) is 4.51. The number of ether oxygens (including phenoxy) is 2. The lowest BCUT2D eigenvalue weighted by atomic mass is 10.1. The minimum atomic E-state index is 0.556. The van der Waals surface area contributed by atoms with Crippen LogP contribution in [0.25, 0.3) is 0 Å². The molecule has 0 aliphatic rings. The largest absolute Gasteiger partial charge is 0.489 e. The summed E-state index contributed by atoms with van der Waals surface area (Å²) >= 11 is 0. The SMILES string of the molecule is CN(C)CCCc1cc(OCc2ccccc2)cc(OCc2ccccc2)c1. The first-order valence-corrected chi connectivity index (χ1v) is 9.81. The predicted octanol–water partition coefficient (Wildman–Crippen LogP) is 5.34. The van der Waals surface area contributed by atoms with Gasteiger partial charge in [-0.3, -0.25) is 0 Å². The summed E-state index contributed by atoms with van der Waals surface area (Å²) < 4.78 is 12.1. The van der Waals surface area contributed by atoms with Gasteiger partial charge in [0.2, 0.25) is 0 Å². The van der Waals surface area contributed by atoms with E-state index in [1.165, 1.54) is 5.56 Å². The summed E-state index contributed by atoms with van der Waals surface area (Å²) in [5.41, 5.74) is 3.56. The van der Waals surface area contributed by atoms with E-state index >= 15 is 0 Å². The maximum Gasteiger partial charge on any atom is 0.123 e. The Morgan fingerprint density at radius 3 is 1.61 bits per heavy atom. The Morgan fingerprint density at radius 1 is 0.643 bits per heavy atom. The summed E-state index contributed by atoms with van der Waals surface area (Å²) in [6, 6.07) is 26.7. The van der Waals surface area contributed by atoms with Crippen LogP contribution in [0, 0.1) is 0 Å². The third-order valence-corrected chi connectivity index (χ3v) is 4.51. The second kappa shape index (κ2) is 10.5. The van der Waals surface area contributed by atoms with E-state index in [0.29, 0.717) is 13.2 Å². The quantitative estimate of drug-likeness (QED) is 0.477. The molecule has 0 bridgehead atoms. The van der Waals surface area contributed by atoms with Crippen LogP contribution in [0.15, 0.2) is 78.9 Å². The first kappa shape index (κ1) is 20.0. The van der Waals surface area contributed by atoms with E-state index in [0.717, 1.165) is 42.0 Å². The Labute approximate surface area is 168 Å². The molecule has 3 aromatic carbocycles. The van der Waals surface area contributed by atoms with E-state index in [9.17, 15) is 0 Å². The van der Waals surface area contributed by atoms with Gasteiger partial charge in [-0.1, -0.05) is 60.7 Å². The summed E-state index contributed by atoms with van der Waals surface area (Å²) in [4.78, 5) is 2.21. The van der Waals surface area contributed by atoms with Crippen LogP contribution >= 0.6 is 0 Å². The summed E-state index contributed by atoms with van der Waals surface area (Å²) in [5.74, 6) is 1.71. The van der Waals surface area contributed by atoms with Crippen molar-refractivity contribution in [2.45, 2.75) is 26.1 Å². The molecule has 0 unspecified atom stereocenters. The van der Waals surface area contributed by atoms with Gasteiger partial charge in [0.15, 0.2) is 0 Å². The summed E-state index contributed by atoms with van der Waals surface area (Å²) in [7, 11) is 4.21. The summed E-state index contributed by atoms with van der Waals surface area (Å²) in [5, 5.41) is 0. The molecule has 0 aliphatic heterocycles.